The van der Waals surface area contributed by atoms with Gasteiger partial charge in [0.2, 0.25) is 0 Å². The quantitative estimate of drug-likeness (QED) is 0.709. The van der Waals surface area contributed by atoms with Crippen LogP contribution in [0.25, 0.3) is 0 Å². The molecule has 0 saturated carbocycles. The van der Waals surface area contributed by atoms with Gasteiger partial charge in [0.25, 0.3) is 0 Å². The zero-order valence-electron chi connectivity index (χ0n) is 8.68. The van der Waals surface area contributed by atoms with Gasteiger partial charge in [-0.2, -0.15) is 10.3 Å². The fourth-order valence-corrected chi connectivity index (χ4v) is 1.53. The van der Waals surface area contributed by atoms with Crippen LogP contribution >= 0.6 is 0 Å². The van der Waals surface area contributed by atoms with E-state index >= 15 is 0 Å². The lowest BCUT2D eigenvalue weighted by Gasteiger charge is -2.05. The SMILES string of the molecule is CCc1nn(C)cc1C(N)c1nn[nH]n1. The molecule has 0 aliphatic heterocycles. The predicted molar refractivity (Wildman–Crippen MR) is 52.8 cm³/mol. The summed E-state index contributed by atoms with van der Waals surface area (Å²) in [6.45, 7) is 2.04. The van der Waals surface area contributed by atoms with Crippen molar-refractivity contribution in [3.05, 3.63) is 23.3 Å². The predicted octanol–water partition coefficient (Wildman–Crippen LogP) is -0.456. The summed E-state index contributed by atoms with van der Waals surface area (Å²) in [4.78, 5) is 0. The molecule has 2 aromatic rings. The van der Waals surface area contributed by atoms with E-state index in [1.807, 2.05) is 20.2 Å². The normalized spacial score (nSPS) is 13.0. The average Bonchev–Trinajstić information content (AvgIpc) is 2.84. The largest absolute Gasteiger partial charge is 0.317 e. The molecule has 0 saturated heterocycles. The smallest absolute Gasteiger partial charge is 0.195 e. The van der Waals surface area contributed by atoms with E-state index in [9.17, 15) is 0 Å². The molecular weight excluding hydrogens is 194 g/mol. The first-order valence-electron chi connectivity index (χ1n) is 4.73. The standard InChI is InChI=1S/C8H13N7/c1-3-6-5(4-15(2)12-6)7(9)8-10-13-14-11-8/h4,7H,3,9H2,1-2H3,(H,10,11,13,14). The Labute approximate surface area is 86.7 Å². The van der Waals surface area contributed by atoms with Crippen LogP contribution in [0.5, 0.6) is 0 Å². The minimum atomic E-state index is -0.368. The van der Waals surface area contributed by atoms with Crippen LogP contribution in [0.2, 0.25) is 0 Å². The summed E-state index contributed by atoms with van der Waals surface area (Å²) in [6, 6.07) is -0.368. The maximum Gasteiger partial charge on any atom is 0.195 e. The van der Waals surface area contributed by atoms with Crippen LogP contribution in [0.3, 0.4) is 0 Å². The third-order valence-electron chi connectivity index (χ3n) is 2.25. The van der Waals surface area contributed by atoms with Crippen LogP contribution in [0, 0.1) is 0 Å². The van der Waals surface area contributed by atoms with E-state index in [4.69, 9.17) is 5.73 Å². The molecule has 7 nitrogen and oxygen atoms in total. The summed E-state index contributed by atoms with van der Waals surface area (Å²) in [5.41, 5.74) is 7.93. The third kappa shape index (κ3) is 1.73. The maximum atomic E-state index is 6.01. The number of hydrogen-bond donors (Lipinski definition) is 2. The second-order valence-corrected chi connectivity index (χ2v) is 3.31. The molecule has 0 radical (unpaired) electrons. The van der Waals surface area contributed by atoms with Crippen molar-refractivity contribution < 1.29 is 0 Å². The first-order chi connectivity index (χ1) is 7.22. The first kappa shape index (κ1) is 9.78. The van der Waals surface area contributed by atoms with Crippen molar-refractivity contribution in [1.82, 2.24) is 30.4 Å². The van der Waals surface area contributed by atoms with Gasteiger partial charge in [-0.05, 0) is 6.42 Å². The van der Waals surface area contributed by atoms with E-state index in [0.717, 1.165) is 17.7 Å². The highest BCUT2D eigenvalue weighted by Crippen LogP contribution is 2.18. The summed E-state index contributed by atoms with van der Waals surface area (Å²) < 4.78 is 1.74. The molecule has 0 amide bonds. The molecule has 0 spiro atoms. The summed E-state index contributed by atoms with van der Waals surface area (Å²) in [7, 11) is 1.87. The topological polar surface area (TPSA) is 98.3 Å². The Kier molecular flexibility index (Phi) is 2.46. The molecule has 15 heavy (non-hydrogen) atoms. The maximum absolute atomic E-state index is 6.01. The van der Waals surface area contributed by atoms with Gasteiger partial charge in [0.05, 0.1) is 11.7 Å². The monoisotopic (exact) mass is 207 g/mol. The molecule has 3 N–H and O–H groups in total. The second-order valence-electron chi connectivity index (χ2n) is 3.31. The van der Waals surface area contributed by atoms with Gasteiger partial charge < -0.3 is 5.73 Å². The Hall–Kier alpha value is -1.76. The molecular formula is C8H13N7. The van der Waals surface area contributed by atoms with E-state index in [-0.39, 0.29) is 6.04 Å². The second kappa shape index (κ2) is 3.77. The van der Waals surface area contributed by atoms with Crippen LogP contribution in [0.1, 0.15) is 30.0 Å². The Morgan fingerprint density at radius 3 is 3.00 bits per heavy atom. The Morgan fingerprint density at radius 1 is 1.60 bits per heavy atom. The van der Waals surface area contributed by atoms with E-state index in [2.05, 4.69) is 25.7 Å². The molecule has 1 atom stereocenters. The number of nitrogens with two attached hydrogens (primary N) is 1. The molecule has 0 aliphatic rings. The Bertz CT molecular complexity index is 430. The van der Waals surface area contributed by atoms with E-state index in [1.54, 1.807) is 4.68 Å². The third-order valence-corrected chi connectivity index (χ3v) is 2.25. The number of nitrogens with zero attached hydrogens (tertiary/aromatic N) is 5. The molecule has 0 aliphatic carbocycles. The van der Waals surface area contributed by atoms with Gasteiger partial charge in [0.1, 0.15) is 0 Å². The molecule has 2 aromatic heterocycles. The van der Waals surface area contributed by atoms with E-state index in [0.29, 0.717) is 5.82 Å². The zero-order chi connectivity index (χ0) is 10.8. The van der Waals surface area contributed by atoms with Crippen LogP contribution in [-0.4, -0.2) is 30.4 Å². The summed E-state index contributed by atoms with van der Waals surface area (Å²) in [5, 5.41) is 17.9. The van der Waals surface area contributed by atoms with Crippen molar-refractivity contribution in [3.8, 4) is 0 Å². The van der Waals surface area contributed by atoms with Crippen LogP contribution in [0.15, 0.2) is 6.20 Å². The first-order valence-corrected chi connectivity index (χ1v) is 4.73. The highest BCUT2D eigenvalue weighted by molar-refractivity contribution is 5.25. The van der Waals surface area contributed by atoms with Crippen LogP contribution < -0.4 is 5.73 Å². The minimum absolute atomic E-state index is 0.368. The number of tetrazole rings is 1. The van der Waals surface area contributed by atoms with E-state index in [1.165, 1.54) is 0 Å². The molecule has 0 aromatic carbocycles. The Balaban J connectivity index is 2.36. The van der Waals surface area contributed by atoms with Gasteiger partial charge in [0.15, 0.2) is 5.82 Å². The lowest BCUT2D eigenvalue weighted by molar-refractivity contribution is 0.746. The fraction of sp³-hybridized carbons (Fsp3) is 0.500. The van der Waals surface area contributed by atoms with Crippen molar-refractivity contribution in [2.45, 2.75) is 19.4 Å². The molecule has 7 heteroatoms. The van der Waals surface area contributed by atoms with Crippen molar-refractivity contribution in [2.24, 2.45) is 12.8 Å². The fourth-order valence-electron chi connectivity index (χ4n) is 1.53. The lowest BCUT2D eigenvalue weighted by atomic mass is 10.1. The average molecular weight is 207 g/mol. The van der Waals surface area contributed by atoms with Gasteiger partial charge >= 0.3 is 0 Å². The van der Waals surface area contributed by atoms with Gasteiger partial charge in [-0.1, -0.05) is 12.1 Å². The zero-order valence-corrected chi connectivity index (χ0v) is 8.68. The van der Waals surface area contributed by atoms with Crippen molar-refractivity contribution in [2.75, 3.05) is 0 Å². The number of hydrogen-bond acceptors (Lipinski definition) is 5. The summed E-state index contributed by atoms with van der Waals surface area (Å²) in [6.07, 6.45) is 2.72. The lowest BCUT2D eigenvalue weighted by Crippen LogP contribution is -2.14. The number of aromatic amines is 1. The number of rotatable bonds is 3. The molecule has 0 bridgehead atoms. The van der Waals surface area contributed by atoms with Gasteiger partial charge in [-0.25, -0.2) is 0 Å². The minimum Gasteiger partial charge on any atom is -0.317 e. The molecule has 0 fully saturated rings. The Morgan fingerprint density at radius 2 is 2.40 bits per heavy atom. The highest BCUT2D eigenvalue weighted by Gasteiger charge is 2.18. The van der Waals surface area contributed by atoms with Gasteiger partial charge in [-0.15, -0.1) is 10.2 Å². The van der Waals surface area contributed by atoms with Gasteiger partial charge in [-0.3, -0.25) is 4.68 Å². The summed E-state index contributed by atoms with van der Waals surface area (Å²) in [5.74, 6) is 0.484. The molecule has 1 unspecified atom stereocenters. The van der Waals surface area contributed by atoms with Crippen molar-refractivity contribution >= 4 is 0 Å². The molecule has 2 heterocycles. The highest BCUT2D eigenvalue weighted by atomic mass is 15.5. The van der Waals surface area contributed by atoms with Gasteiger partial charge in [0, 0.05) is 18.8 Å². The van der Waals surface area contributed by atoms with Crippen molar-refractivity contribution in [3.63, 3.8) is 0 Å². The molecule has 2 rings (SSSR count). The van der Waals surface area contributed by atoms with Crippen molar-refractivity contribution in [1.29, 1.82) is 0 Å². The molecule has 80 valence electrons. The van der Waals surface area contributed by atoms with Crippen LogP contribution in [0.4, 0.5) is 0 Å². The summed E-state index contributed by atoms with van der Waals surface area (Å²) >= 11 is 0. The number of aromatic nitrogens is 6. The number of H-pyrrole nitrogens is 1. The number of aryl methyl sites for hydroxylation is 2. The number of nitrogens with one attached hydrogen (secondary N) is 1. The van der Waals surface area contributed by atoms with Crippen LogP contribution in [-0.2, 0) is 13.5 Å². The van der Waals surface area contributed by atoms with E-state index < -0.39 is 0 Å².